The third-order valence-electron chi connectivity index (χ3n) is 3.83. The van der Waals surface area contributed by atoms with Gasteiger partial charge in [-0.3, -0.25) is 10.1 Å². The van der Waals surface area contributed by atoms with Crippen LogP contribution in [0.3, 0.4) is 0 Å². The summed E-state index contributed by atoms with van der Waals surface area (Å²) in [7, 11) is 0. The topological polar surface area (TPSA) is 55.2 Å². The quantitative estimate of drug-likeness (QED) is 0.661. The number of hydrogen-bond acceptors (Lipinski definition) is 3. The monoisotopic (exact) mass is 346 g/mol. The van der Waals surface area contributed by atoms with Gasteiger partial charge in [0.15, 0.2) is 0 Å². The second-order valence-electron chi connectivity index (χ2n) is 5.31. The molecular formula is C16H15BrN2O2. The molecule has 21 heavy (non-hydrogen) atoms. The molecule has 0 amide bonds. The minimum atomic E-state index is -0.365. The van der Waals surface area contributed by atoms with Gasteiger partial charge in [0.1, 0.15) is 0 Å². The van der Waals surface area contributed by atoms with Gasteiger partial charge in [-0.2, -0.15) is 0 Å². The maximum absolute atomic E-state index is 10.8. The summed E-state index contributed by atoms with van der Waals surface area (Å²) in [6, 6.07) is 13.5. The lowest BCUT2D eigenvalue weighted by Crippen LogP contribution is -2.28. The molecule has 0 fully saturated rings. The number of fused-ring (bicyclic) bond motifs is 1. The van der Waals surface area contributed by atoms with Crippen LogP contribution in [0.15, 0.2) is 46.9 Å². The zero-order valence-electron chi connectivity index (χ0n) is 11.4. The molecule has 1 N–H and O–H groups in total. The molecule has 3 rings (SSSR count). The first kappa shape index (κ1) is 14.2. The van der Waals surface area contributed by atoms with E-state index in [-0.39, 0.29) is 10.6 Å². The van der Waals surface area contributed by atoms with Crippen LogP contribution in [0.4, 0.5) is 5.69 Å². The maximum atomic E-state index is 10.8. The summed E-state index contributed by atoms with van der Waals surface area (Å²) in [6.45, 7) is 1.54. The van der Waals surface area contributed by atoms with Gasteiger partial charge in [0, 0.05) is 35.6 Å². The van der Waals surface area contributed by atoms with Crippen LogP contribution in [-0.4, -0.2) is 11.5 Å². The minimum absolute atomic E-state index is 0.121. The lowest BCUT2D eigenvalue weighted by Gasteiger charge is -2.30. The number of nitrogens with zero attached hydrogens (tertiary/aromatic N) is 1. The second-order valence-corrected chi connectivity index (χ2v) is 6.22. The van der Waals surface area contributed by atoms with Crippen LogP contribution in [0, 0.1) is 10.1 Å². The smallest absolute Gasteiger partial charge is 0.270 e. The molecular weight excluding hydrogens is 332 g/mol. The fourth-order valence-electron chi connectivity index (χ4n) is 2.78. The largest absolute Gasteiger partial charge is 0.312 e. The van der Waals surface area contributed by atoms with Gasteiger partial charge in [0.25, 0.3) is 5.69 Å². The van der Waals surface area contributed by atoms with Gasteiger partial charge in [-0.25, -0.2) is 0 Å². The fourth-order valence-corrected chi connectivity index (χ4v) is 3.30. The highest BCUT2D eigenvalue weighted by atomic mass is 79.9. The van der Waals surface area contributed by atoms with Crippen LogP contribution in [0.25, 0.3) is 0 Å². The summed E-state index contributed by atoms with van der Waals surface area (Å²) >= 11 is 3.32. The van der Waals surface area contributed by atoms with Crippen molar-refractivity contribution in [2.45, 2.75) is 18.9 Å². The summed E-state index contributed by atoms with van der Waals surface area (Å²) in [6.07, 6.45) is 1.11. The predicted molar refractivity (Wildman–Crippen MR) is 85.4 cm³/mol. The summed E-state index contributed by atoms with van der Waals surface area (Å²) < 4.78 is 0.738. The van der Waals surface area contributed by atoms with Gasteiger partial charge in [0.05, 0.1) is 4.92 Å². The van der Waals surface area contributed by atoms with Crippen molar-refractivity contribution in [2.75, 3.05) is 6.54 Å². The molecule has 108 valence electrons. The Hall–Kier alpha value is -1.72. The Labute approximate surface area is 131 Å². The highest BCUT2D eigenvalue weighted by molar-refractivity contribution is 9.10. The molecule has 0 spiro atoms. The van der Waals surface area contributed by atoms with Crippen molar-refractivity contribution < 1.29 is 4.92 Å². The number of benzene rings is 2. The van der Waals surface area contributed by atoms with Crippen molar-refractivity contribution in [1.29, 1.82) is 0 Å². The average molecular weight is 347 g/mol. The summed E-state index contributed by atoms with van der Waals surface area (Å²) in [5, 5.41) is 14.2. The van der Waals surface area contributed by atoms with Gasteiger partial charge in [-0.15, -0.1) is 0 Å². The van der Waals surface area contributed by atoms with Crippen molar-refractivity contribution in [3.63, 3.8) is 0 Å². The number of hydrogen-bond donors (Lipinski definition) is 1. The molecule has 0 bridgehead atoms. The summed E-state index contributed by atoms with van der Waals surface area (Å²) in [5.41, 5.74) is 3.89. The lowest BCUT2D eigenvalue weighted by molar-refractivity contribution is -0.385. The molecule has 1 aliphatic rings. The van der Waals surface area contributed by atoms with Crippen LogP contribution >= 0.6 is 15.9 Å². The molecule has 0 saturated carbocycles. The number of nitrogens with one attached hydrogen (secondary N) is 1. The van der Waals surface area contributed by atoms with E-state index in [2.05, 4.69) is 45.5 Å². The molecule has 1 unspecified atom stereocenters. The first-order valence-electron chi connectivity index (χ1n) is 6.86. The Morgan fingerprint density at radius 1 is 1.29 bits per heavy atom. The maximum Gasteiger partial charge on any atom is 0.270 e. The van der Waals surface area contributed by atoms with E-state index in [4.69, 9.17) is 0 Å². The van der Waals surface area contributed by atoms with Crippen molar-refractivity contribution in [3.8, 4) is 0 Å². The molecule has 1 atom stereocenters. The number of non-ortho nitro benzene ring substituents is 1. The first-order valence-corrected chi connectivity index (χ1v) is 7.65. The first-order chi connectivity index (χ1) is 10.1. The highest BCUT2D eigenvalue weighted by Gasteiger charge is 2.24. The number of nitro benzene ring substituents is 1. The highest BCUT2D eigenvalue weighted by Crippen LogP contribution is 2.34. The van der Waals surface area contributed by atoms with Gasteiger partial charge < -0.3 is 5.32 Å². The molecule has 2 aromatic rings. The van der Waals surface area contributed by atoms with Crippen molar-refractivity contribution in [1.82, 2.24) is 5.32 Å². The standard InChI is InChI=1S/C16H15BrN2O2/c17-14-5-11(6-15(8-14)19(20)21)9-18-10-13-7-12-3-1-2-4-16(12)13/h1-6,8,13,18H,7,9-10H2. The van der Waals surface area contributed by atoms with E-state index in [1.165, 1.54) is 17.2 Å². The van der Waals surface area contributed by atoms with Gasteiger partial charge in [0.2, 0.25) is 0 Å². The lowest BCUT2D eigenvalue weighted by atomic mass is 9.77. The van der Waals surface area contributed by atoms with E-state index in [0.29, 0.717) is 12.5 Å². The van der Waals surface area contributed by atoms with Gasteiger partial charge in [-0.1, -0.05) is 40.2 Å². The average Bonchev–Trinajstić information content (AvgIpc) is 2.43. The van der Waals surface area contributed by atoms with E-state index >= 15 is 0 Å². The van der Waals surface area contributed by atoms with E-state index in [9.17, 15) is 10.1 Å². The van der Waals surface area contributed by atoms with Crippen molar-refractivity contribution >= 4 is 21.6 Å². The number of halogens is 1. The molecule has 5 heteroatoms. The van der Waals surface area contributed by atoms with E-state index in [0.717, 1.165) is 23.0 Å². The summed E-state index contributed by atoms with van der Waals surface area (Å²) in [4.78, 5) is 10.5. The van der Waals surface area contributed by atoms with E-state index < -0.39 is 0 Å². The Balaban J connectivity index is 1.58. The van der Waals surface area contributed by atoms with E-state index in [1.807, 2.05) is 6.07 Å². The van der Waals surface area contributed by atoms with Crippen LogP contribution in [0.1, 0.15) is 22.6 Å². The van der Waals surface area contributed by atoms with Crippen LogP contribution < -0.4 is 5.32 Å². The van der Waals surface area contributed by atoms with Crippen LogP contribution in [0.5, 0.6) is 0 Å². The second kappa shape index (κ2) is 5.95. The molecule has 4 nitrogen and oxygen atoms in total. The third-order valence-corrected chi connectivity index (χ3v) is 4.29. The molecule has 1 aliphatic carbocycles. The zero-order valence-corrected chi connectivity index (χ0v) is 13.0. The Morgan fingerprint density at radius 2 is 2.10 bits per heavy atom. The Bertz CT molecular complexity index is 688. The molecule has 0 aliphatic heterocycles. The number of nitro groups is 1. The SMILES string of the molecule is O=[N+]([O-])c1cc(Br)cc(CNCC2Cc3ccccc32)c1. The molecule has 2 aromatic carbocycles. The zero-order chi connectivity index (χ0) is 14.8. The van der Waals surface area contributed by atoms with Crippen molar-refractivity contribution in [2.24, 2.45) is 0 Å². The minimum Gasteiger partial charge on any atom is -0.312 e. The van der Waals surface area contributed by atoms with Gasteiger partial charge in [-0.05, 0) is 29.2 Å². The molecule has 0 aromatic heterocycles. The third kappa shape index (κ3) is 3.14. The van der Waals surface area contributed by atoms with Crippen molar-refractivity contribution in [3.05, 3.63) is 73.7 Å². The normalized spacial score (nSPS) is 16.1. The van der Waals surface area contributed by atoms with Crippen LogP contribution in [0.2, 0.25) is 0 Å². The predicted octanol–water partition coefficient (Wildman–Crippen LogP) is 3.79. The van der Waals surface area contributed by atoms with Crippen LogP contribution in [-0.2, 0) is 13.0 Å². The van der Waals surface area contributed by atoms with E-state index in [1.54, 1.807) is 6.07 Å². The fraction of sp³-hybridized carbons (Fsp3) is 0.250. The Kier molecular flexibility index (Phi) is 4.03. The number of rotatable bonds is 5. The molecule has 0 heterocycles. The molecule has 0 radical (unpaired) electrons. The molecule has 0 saturated heterocycles. The Morgan fingerprint density at radius 3 is 2.86 bits per heavy atom. The van der Waals surface area contributed by atoms with Gasteiger partial charge >= 0.3 is 0 Å². The summed E-state index contributed by atoms with van der Waals surface area (Å²) in [5.74, 6) is 0.559.